The zero-order valence-corrected chi connectivity index (χ0v) is 7.44. The highest BCUT2D eigenvalue weighted by molar-refractivity contribution is 5.55. The van der Waals surface area contributed by atoms with E-state index >= 15 is 0 Å². The Kier molecular flexibility index (Phi) is 2.10. The van der Waals surface area contributed by atoms with Crippen LogP contribution in [0, 0.1) is 17.1 Å². The lowest BCUT2D eigenvalue weighted by molar-refractivity contribution is 0.443. The molecule has 0 bridgehead atoms. The molecule has 0 saturated heterocycles. The summed E-state index contributed by atoms with van der Waals surface area (Å²) in [6, 6.07) is 7.15. The number of aromatic hydroxyl groups is 1. The minimum absolute atomic E-state index is 0.0172. The van der Waals surface area contributed by atoms with Crippen LogP contribution in [0.4, 0.5) is 4.39 Å². The van der Waals surface area contributed by atoms with Crippen LogP contribution >= 0.6 is 0 Å². The van der Waals surface area contributed by atoms with Crippen molar-refractivity contribution in [3.63, 3.8) is 0 Å². The molecule has 1 heterocycles. The summed E-state index contributed by atoms with van der Waals surface area (Å²) >= 11 is 0. The molecule has 0 aliphatic carbocycles. The maximum Gasteiger partial charge on any atom is 0.270 e. The summed E-state index contributed by atoms with van der Waals surface area (Å²) in [5, 5.41) is 17.7. The van der Waals surface area contributed by atoms with Crippen molar-refractivity contribution in [1.82, 2.24) is 4.98 Å². The summed E-state index contributed by atoms with van der Waals surface area (Å²) in [4.78, 5) is 3.59. The highest BCUT2D eigenvalue weighted by Gasteiger charge is 2.13. The average molecular weight is 204 g/mol. The second-order valence-corrected chi connectivity index (χ2v) is 2.79. The molecule has 0 aliphatic heterocycles. The maximum atomic E-state index is 12.8. The van der Waals surface area contributed by atoms with Crippen LogP contribution in [0.25, 0.3) is 11.5 Å². The lowest BCUT2D eigenvalue weighted by atomic mass is 10.2. The quantitative estimate of drug-likeness (QED) is 0.771. The largest absolute Gasteiger partial charge is 0.490 e. The van der Waals surface area contributed by atoms with Gasteiger partial charge in [-0.05, 0) is 18.2 Å². The van der Waals surface area contributed by atoms with E-state index in [2.05, 4.69) is 4.98 Å². The summed E-state index contributed by atoms with van der Waals surface area (Å²) in [6.45, 7) is 0. The van der Waals surface area contributed by atoms with Gasteiger partial charge in [-0.1, -0.05) is 6.07 Å². The van der Waals surface area contributed by atoms with E-state index in [-0.39, 0.29) is 11.7 Å². The predicted octanol–water partition coefficient (Wildman–Crippen LogP) is 2.06. The van der Waals surface area contributed by atoms with Crippen molar-refractivity contribution in [2.75, 3.05) is 0 Å². The number of hydrogen-bond donors (Lipinski definition) is 1. The van der Waals surface area contributed by atoms with E-state index in [1.807, 2.05) is 0 Å². The first-order chi connectivity index (χ1) is 7.20. The number of nitrogens with zero attached hydrogens (tertiary/aromatic N) is 2. The Labute approximate surface area is 84.2 Å². The van der Waals surface area contributed by atoms with Crippen LogP contribution in [0.1, 0.15) is 5.76 Å². The standard InChI is InChI=1S/C10H5FN2O2/c11-7-3-1-2-6(4-7)10-13-9(14)8(5-12)15-10/h1-4,14H. The SMILES string of the molecule is N#Cc1oc(-c2cccc(F)c2)nc1O. The van der Waals surface area contributed by atoms with Crippen molar-refractivity contribution in [2.24, 2.45) is 0 Å². The van der Waals surface area contributed by atoms with Gasteiger partial charge in [-0.15, -0.1) is 0 Å². The fraction of sp³-hybridized carbons (Fsp3) is 0. The van der Waals surface area contributed by atoms with Gasteiger partial charge in [0.15, 0.2) is 0 Å². The third kappa shape index (κ3) is 1.65. The van der Waals surface area contributed by atoms with Crippen molar-refractivity contribution in [3.8, 4) is 23.4 Å². The molecule has 15 heavy (non-hydrogen) atoms. The Balaban J connectivity index is 2.51. The number of halogens is 1. The lowest BCUT2D eigenvalue weighted by Gasteiger charge is -1.93. The zero-order chi connectivity index (χ0) is 10.8. The minimum Gasteiger partial charge on any atom is -0.490 e. The van der Waals surface area contributed by atoms with Gasteiger partial charge in [0.25, 0.3) is 11.6 Å². The Hall–Kier alpha value is -2.35. The molecule has 5 heteroatoms. The minimum atomic E-state index is -0.489. The molecular weight excluding hydrogens is 199 g/mol. The van der Waals surface area contributed by atoms with E-state index in [0.29, 0.717) is 5.56 Å². The molecule has 2 aromatic rings. The van der Waals surface area contributed by atoms with Gasteiger partial charge in [-0.25, -0.2) is 4.39 Å². The second kappa shape index (κ2) is 3.42. The van der Waals surface area contributed by atoms with E-state index in [1.54, 1.807) is 12.1 Å². The molecule has 0 saturated carbocycles. The third-order valence-corrected chi connectivity index (χ3v) is 1.78. The predicted molar refractivity (Wildman–Crippen MR) is 48.3 cm³/mol. The molecule has 0 radical (unpaired) electrons. The van der Waals surface area contributed by atoms with E-state index in [9.17, 15) is 4.39 Å². The fourth-order valence-electron chi connectivity index (χ4n) is 1.13. The van der Waals surface area contributed by atoms with E-state index in [1.165, 1.54) is 18.2 Å². The molecule has 2 rings (SSSR count). The van der Waals surface area contributed by atoms with E-state index < -0.39 is 11.7 Å². The van der Waals surface area contributed by atoms with Crippen LogP contribution < -0.4 is 0 Å². The monoisotopic (exact) mass is 204 g/mol. The molecule has 1 aromatic heterocycles. The van der Waals surface area contributed by atoms with Crippen molar-refractivity contribution in [3.05, 3.63) is 35.8 Å². The van der Waals surface area contributed by atoms with Gasteiger partial charge in [-0.2, -0.15) is 10.2 Å². The molecule has 0 unspecified atom stereocenters. The normalized spacial score (nSPS) is 9.87. The average Bonchev–Trinajstić information content (AvgIpc) is 2.60. The first-order valence-corrected chi connectivity index (χ1v) is 4.06. The van der Waals surface area contributed by atoms with Gasteiger partial charge in [0.1, 0.15) is 11.9 Å². The van der Waals surface area contributed by atoms with Gasteiger partial charge in [0.2, 0.25) is 5.89 Å². The van der Waals surface area contributed by atoms with Gasteiger partial charge in [0.05, 0.1) is 0 Å². The number of hydrogen-bond acceptors (Lipinski definition) is 4. The molecule has 1 aromatic carbocycles. The first-order valence-electron chi connectivity index (χ1n) is 4.06. The summed E-state index contributed by atoms with van der Waals surface area (Å²) < 4.78 is 17.8. The molecule has 0 aliphatic rings. The highest BCUT2D eigenvalue weighted by Crippen LogP contribution is 2.25. The molecule has 74 valence electrons. The number of rotatable bonds is 1. The molecule has 0 spiro atoms. The number of aromatic nitrogens is 1. The first kappa shape index (κ1) is 9.21. The van der Waals surface area contributed by atoms with Crippen LogP contribution in [0.15, 0.2) is 28.7 Å². The number of benzene rings is 1. The van der Waals surface area contributed by atoms with Gasteiger partial charge in [0, 0.05) is 5.56 Å². The maximum absolute atomic E-state index is 12.8. The van der Waals surface area contributed by atoms with Crippen LogP contribution in [0.3, 0.4) is 0 Å². The lowest BCUT2D eigenvalue weighted by Crippen LogP contribution is -1.78. The summed E-state index contributed by atoms with van der Waals surface area (Å²) in [5.74, 6) is -1.20. The zero-order valence-electron chi connectivity index (χ0n) is 7.44. The van der Waals surface area contributed by atoms with Crippen molar-refractivity contribution in [1.29, 1.82) is 5.26 Å². The smallest absolute Gasteiger partial charge is 0.270 e. The molecular formula is C10H5FN2O2. The van der Waals surface area contributed by atoms with Crippen molar-refractivity contribution < 1.29 is 13.9 Å². The number of nitriles is 1. The third-order valence-electron chi connectivity index (χ3n) is 1.78. The van der Waals surface area contributed by atoms with E-state index in [0.717, 1.165) is 0 Å². The molecule has 4 nitrogen and oxygen atoms in total. The Morgan fingerprint density at radius 3 is 2.87 bits per heavy atom. The van der Waals surface area contributed by atoms with Crippen molar-refractivity contribution >= 4 is 0 Å². The molecule has 1 N–H and O–H groups in total. The highest BCUT2D eigenvalue weighted by atomic mass is 19.1. The van der Waals surface area contributed by atoms with Crippen LogP contribution in [0.2, 0.25) is 0 Å². The second-order valence-electron chi connectivity index (χ2n) is 2.79. The van der Waals surface area contributed by atoms with Gasteiger partial charge < -0.3 is 9.52 Å². The van der Waals surface area contributed by atoms with Crippen LogP contribution in [0.5, 0.6) is 5.88 Å². The van der Waals surface area contributed by atoms with Gasteiger partial charge >= 0.3 is 0 Å². The van der Waals surface area contributed by atoms with Crippen LogP contribution in [-0.4, -0.2) is 10.1 Å². The Morgan fingerprint density at radius 1 is 1.47 bits per heavy atom. The number of oxazole rings is 1. The molecule has 0 amide bonds. The molecule has 0 atom stereocenters. The van der Waals surface area contributed by atoms with Crippen LogP contribution in [-0.2, 0) is 0 Å². The Morgan fingerprint density at radius 2 is 2.27 bits per heavy atom. The fourth-order valence-corrected chi connectivity index (χ4v) is 1.13. The summed E-state index contributed by atoms with van der Waals surface area (Å²) in [6.07, 6.45) is 0. The summed E-state index contributed by atoms with van der Waals surface area (Å²) in [5.41, 5.74) is 0.367. The van der Waals surface area contributed by atoms with E-state index in [4.69, 9.17) is 14.8 Å². The Bertz CT molecular complexity index is 543. The van der Waals surface area contributed by atoms with Crippen molar-refractivity contribution in [2.45, 2.75) is 0 Å². The topological polar surface area (TPSA) is 70.0 Å². The summed E-state index contributed by atoms with van der Waals surface area (Å²) in [7, 11) is 0. The van der Waals surface area contributed by atoms with Gasteiger partial charge in [-0.3, -0.25) is 0 Å². The molecule has 0 fully saturated rings.